The van der Waals surface area contributed by atoms with Gasteiger partial charge in [0.15, 0.2) is 11.5 Å². The number of methoxy groups -OCH3 is 2. The van der Waals surface area contributed by atoms with Gasteiger partial charge >= 0.3 is 0 Å². The molecule has 0 bridgehead atoms. The number of hydrogen-bond acceptors (Lipinski definition) is 8. The molecule has 192 valence electrons. The Bertz CT molecular complexity index is 914. The molecule has 0 atom stereocenters. The zero-order chi connectivity index (χ0) is 25.0. The Morgan fingerprint density at radius 3 is 2.17 bits per heavy atom. The summed E-state index contributed by atoms with van der Waals surface area (Å²) in [6.07, 6.45) is 0.354. The first-order valence-corrected chi connectivity index (χ1v) is 12.9. The first-order valence-electron chi connectivity index (χ1n) is 12.2. The van der Waals surface area contributed by atoms with Crippen molar-refractivity contribution < 1.29 is 23.2 Å². The van der Waals surface area contributed by atoms with Crippen LogP contribution in [-0.2, 0) is 16.0 Å². The SMILES string of the molecule is CC.COc1ccc(CC(=O)N2CCN(c3ccc(OSN4CCOCC4)cc3)CC2)cc1OC. The van der Waals surface area contributed by atoms with Gasteiger partial charge in [0.25, 0.3) is 0 Å². The van der Waals surface area contributed by atoms with Crippen molar-refractivity contribution in [2.24, 2.45) is 0 Å². The molecule has 0 N–H and O–H groups in total. The molecule has 0 saturated carbocycles. The van der Waals surface area contributed by atoms with Gasteiger partial charge in [0.05, 0.1) is 33.9 Å². The molecule has 2 saturated heterocycles. The highest BCUT2D eigenvalue weighted by molar-refractivity contribution is 7.92. The zero-order valence-electron chi connectivity index (χ0n) is 21.2. The number of benzene rings is 2. The average Bonchev–Trinajstić information content (AvgIpc) is 2.94. The standard InChI is InChI=1S/C24H31N3O5S.C2H6/c1-29-22-8-3-19(17-23(22)30-2)18-24(28)26-11-9-25(10-12-26)20-4-6-21(7-5-20)32-33-27-13-15-31-16-14-27;1-2/h3-8,17H,9-16,18H2,1-2H3;1-2H3. The second-order valence-electron chi connectivity index (χ2n) is 7.93. The fourth-order valence-electron chi connectivity index (χ4n) is 3.92. The lowest BCUT2D eigenvalue weighted by molar-refractivity contribution is -0.130. The topological polar surface area (TPSA) is 63.7 Å². The van der Waals surface area contributed by atoms with Crippen LogP contribution in [0.2, 0.25) is 0 Å². The van der Waals surface area contributed by atoms with Crippen LogP contribution in [0.1, 0.15) is 19.4 Å². The van der Waals surface area contributed by atoms with E-state index < -0.39 is 0 Å². The van der Waals surface area contributed by atoms with Gasteiger partial charge in [-0.05, 0) is 42.0 Å². The van der Waals surface area contributed by atoms with Crippen LogP contribution in [-0.4, -0.2) is 81.8 Å². The van der Waals surface area contributed by atoms with Crippen LogP contribution >= 0.6 is 12.2 Å². The van der Waals surface area contributed by atoms with Crippen molar-refractivity contribution in [1.82, 2.24) is 9.21 Å². The van der Waals surface area contributed by atoms with E-state index in [1.165, 1.54) is 12.2 Å². The molecule has 1 amide bonds. The minimum atomic E-state index is 0.130. The molecule has 2 aliphatic heterocycles. The van der Waals surface area contributed by atoms with Crippen molar-refractivity contribution in [3.05, 3.63) is 48.0 Å². The van der Waals surface area contributed by atoms with Gasteiger partial charge in [-0.1, -0.05) is 19.9 Å². The summed E-state index contributed by atoms with van der Waals surface area (Å²) in [6.45, 7) is 10.3. The summed E-state index contributed by atoms with van der Waals surface area (Å²) >= 11 is 1.38. The molecule has 35 heavy (non-hydrogen) atoms. The fraction of sp³-hybridized carbons (Fsp3) is 0.500. The number of piperazine rings is 1. The maximum Gasteiger partial charge on any atom is 0.227 e. The Morgan fingerprint density at radius 2 is 1.54 bits per heavy atom. The van der Waals surface area contributed by atoms with Crippen LogP contribution in [0, 0.1) is 0 Å². The van der Waals surface area contributed by atoms with Crippen molar-refractivity contribution in [2.75, 3.05) is 71.6 Å². The lowest BCUT2D eigenvalue weighted by Crippen LogP contribution is -2.49. The number of hydrogen-bond donors (Lipinski definition) is 0. The van der Waals surface area contributed by atoms with E-state index in [4.69, 9.17) is 18.4 Å². The van der Waals surface area contributed by atoms with Crippen LogP contribution < -0.4 is 18.6 Å². The molecule has 0 radical (unpaired) electrons. The molecule has 2 aromatic carbocycles. The van der Waals surface area contributed by atoms with E-state index in [0.29, 0.717) is 31.0 Å². The Balaban J connectivity index is 0.00000167. The Morgan fingerprint density at radius 1 is 0.886 bits per heavy atom. The summed E-state index contributed by atoms with van der Waals surface area (Å²) in [5.41, 5.74) is 2.07. The van der Waals surface area contributed by atoms with Gasteiger partial charge in [-0.2, -0.15) is 0 Å². The average molecular weight is 504 g/mol. The highest BCUT2D eigenvalue weighted by atomic mass is 32.2. The van der Waals surface area contributed by atoms with Gasteiger partial charge in [0.2, 0.25) is 5.91 Å². The fourth-order valence-corrected chi connectivity index (χ4v) is 4.52. The number of rotatable bonds is 8. The third-order valence-electron chi connectivity index (χ3n) is 5.85. The summed E-state index contributed by atoms with van der Waals surface area (Å²) in [5.74, 6) is 2.27. The number of nitrogens with zero attached hydrogens (tertiary/aromatic N) is 3. The smallest absolute Gasteiger partial charge is 0.227 e. The van der Waals surface area contributed by atoms with Crippen LogP contribution in [0.4, 0.5) is 5.69 Å². The van der Waals surface area contributed by atoms with Gasteiger partial charge in [-0.15, -0.1) is 0 Å². The van der Waals surface area contributed by atoms with Crippen LogP contribution in [0.5, 0.6) is 17.2 Å². The minimum absolute atomic E-state index is 0.130. The molecule has 4 rings (SSSR count). The number of morpholine rings is 1. The first kappa shape index (κ1) is 27.0. The predicted octanol–water partition coefficient (Wildman–Crippen LogP) is 3.90. The quantitative estimate of drug-likeness (QED) is 0.397. The van der Waals surface area contributed by atoms with E-state index in [1.807, 2.05) is 49.1 Å². The summed E-state index contributed by atoms with van der Waals surface area (Å²) in [7, 11) is 3.21. The maximum atomic E-state index is 12.8. The largest absolute Gasteiger partial charge is 0.493 e. The van der Waals surface area contributed by atoms with Gasteiger partial charge in [0.1, 0.15) is 18.0 Å². The van der Waals surface area contributed by atoms with Crippen LogP contribution in [0.25, 0.3) is 0 Å². The molecule has 0 spiro atoms. The first-order chi connectivity index (χ1) is 17.2. The number of carbonyl (C=O) groups excluding carboxylic acids is 1. The Hall–Kier alpha value is -2.62. The van der Waals surface area contributed by atoms with E-state index in [1.54, 1.807) is 14.2 Å². The number of carbonyl (C=O) groups is 1. The lowest BCUT2D eigenvalue weighted by Gasteiger charge is -2.36. The third-order valence-corrected chi connectivity index (χ3v) is 6.69. The second kappa shape index (κ2) is 14.1. The maximum absolute atomic E-state index is 12.8. The molecule has 2 fully saturated rings. The monoisotopic (exact) mass is 503 g/mol. The zero-order valence-corrected chi connectivity index (χ0v) is 22.0. The van der Waals surface area contributed by atoms with E-state index in [2.05, 4.69) is 21.3 Å². The molecule has 9 heteroatoms. The van der Waals surface area contributed by atoms with Crippen LogP contribution in [0.3, 0.4) is 0 Å². The van der Waals surface area contributed by atoms with Gasteiger partial charge in [0, 0.05) is 45.0 Å². The molecular weight excluding hydrogens is 466 g/mol. The number of amides is 1. The predicted molar refractivity (Wildman–Crippen MR) is 140 cm³/mol. The Labute approximate surface area is 213 Å². The van der Waals surface area contributed by atoms with E-state index in [-0.39, 0.29) is 5.91 Å². The van der Waals surface area contributed by atoms with Crippen molar-refractivity contribution in [3.8, 4) is 17.2 Å². The summed E-state index contributed by atoms with van der Waals surface area (Å²) in [6, 6.07) is 13.8. The minimum Gasteiger partial charge on any atom is -0.493 e. The molecule has 0 aromatic heterocycles. The van der Waals surface area contributed by atoms with Gasteiger partial charge in [-0.3, -0.25) is 4.79 Å². The highest BCUT2D eigenvalue weighted by Crippen LogP contribution is 2.28. The summed E-state index contributed by atoms with van der Waals surface area (Å²) in [5, 5.41) is 0. The number of anilines is 1. The third kappa shape index (κ3) is 7.68. The molecule has 8 nitrogen and oxygen atoms in total. The molecule has 2 heterocycles. The Kier molecular flexibility index (Phi) is 10.8. The van der Waals surface area contributed by atoms with Gasteiger partial charge < -0.3 is 28.2 Å². The van der Waals surface area contributed by atoms with Crippen molar-refractivity contribution in [1.29, 1.82) is 0 Å². The molecule has 2 aliphatic rings. The molecule has 0 unspecified atom stereocenters. The van der Waals surface area contributed by atoms with E-state index >= 15 is 0 Å². The van der Waals surface area contributed by atoms with Crippen molar-refractivity contribution >= 4 is 23.8 Å². The molecule has 2 aromatic rings. The molecule has 0 aliphatic carbocycles. The van der Waals surface area contributed by atoms with Crippen molar-refractivity contribution in [3.63, 3.8) is 0 Å². The second-order valence-corrected chi connectivity index (χ2v) is 8.76. The van der Waals surface area contributed by atoms with Crippen molar-refractivity contribution in [2.45, 2.75) is 20.3 Å². The highest BCUT2D eigenvalue weighted by Gasteiger charge is 2.22. The normalized spacial score (nSPS) is 16.2. The lowest BCUT2D eigenvalue weighted by atomic mass is 10.1. The summed E-state index contributed by atoms with van der Waals surface area (Å²) < 4.78 is 24.0. The van der Waals surface area contributed by atoms with E-state index in [0.717, 1.165) is 56.4 Å². The molecular formula is C26H37N3O5S. The summed E-state index contributed by atoms with van der Waals surface area (Å²) in [4.78, 5) is 17.1. The number of ether oxygens (including phenoxy) is 3. The van der Waals surface area contributed by atoms with Gasteiger partial charge in [-0.25, -0.2) is 4.31 Å². The van der Waals surface area contributed by atoms with Crippen LogP contribution in [0.15, 0.2) is 42.5 Å². The van der Waals surface area contributed by atoms with E-state index in [9.17, 15) is 4.79 Å².